The van der Waals surface area contributed by atoms with Gasteiger partial charge in [-0.05, 0) is 43.2 Å². The summed E-state index contributed by atoms with van der Waals surface area (Å²) in [4.78, 5) is 0. The fourth-order valence-electron chi connectivity index (χ4n) is 2.07. The summed E-state index contributed by atoms with van der Waals surface area (Å²) in [6.07, 6.45) is 1.17. The van der Waals surface area contributed by atoms with Gasteiger partial charge in [-0.15, -0.1) is 0 Å². The SMILES string of the molecule is CNCCCNCc1ccc(-c2ccccc2)cc1. The maximum atomic E-state index is 3.46. The molecule has 0 bridgehead atoms. The molecule has 100 valence electrons. The normalized spacial score (nSPS) is 10.6. The van der Waals surface area contributed by atoms with E-state index >= 15 is 0 Å². The van der Waals surface area contributed by atoms with Gasteiger partial charge in [0.15, 0.2) is 0 Å². The molecular weight excluding hydrogens is 232 g/mol. The zero-order valence-electron chi connectivity index (χ0n) is 11.5. The van der Waals surface area contributed by atoms with Crippen LogP contribution < -0.4 is 10.6 Å². The molecule has 0 radical (unpaired) electrons. The highest BCUT2D eigenvalue weighted by atomic mass is 14.9. The number of rotatable bonds is 7. The summed E-state index contributed by atoms with van der Waals surface area (Å²) in [5.41, 5.74) is 3.89. The first-order chi connectivity index (χ1) is 9.40. The lowest BCUT2D eigenvalue weighted by molar-refractivity contribution is 0.625. The number of hydrogen-bond acceptors (Lipinski definition) is 2. The van der Waals surface area contributed by atoms with Gasteiger partial charge in [-0.25, -0.2) is 0 Å². The van der Waals surface area contributed by atoms with Gasteiger partial charge in [-0.2, -0.15) is 0 Å². The molecule has 0 aliphatic carbocycles. The Morgan fingerprint density at radius 1 is 0.789 bits per heavy atom. The summed E-state index contributed by atoms with van der Waals surface area (Å²) in [5, 5.41) is 6.61. The second-order valence-electron chi connectivity index (χ2n) is 4.70. The van der Waals surface area contributed by atoms with E-state index in [1.54, 1.807) is 0 Å². The molecule has 2 aromatic rings. The predicted octanol–water partition coefficient (Wildman–Crippen LogP) is 3.05. The Morgan fingerprint density at radius 3 is 2.16 bits per heavy atom. The molecule has 0 saturated carbocycles. The molecule has 2 N–H and O–H groups in total. The monoisotopic (exact) mass is 254 g/mol. The van der Waals surface area contributed by atoms with Crippen molar-refractivity contribution < 1.29 is 0 Å². The second kappa shape index (κ2) is 7.72. The standard InChI is InChI=1S/C17H22N2/c1-18-12-5-13-19-14-15-8-10-17(11-9-15)16-6-3-2-4-7-16/h2-4,6-11,18-19H,5,12-14H2,1H3. The van der Waals surface area contributed by atoms with E-state index in [0.29, 0.717) is 0 Å². The van der Waals surface area contributed by atoms with Crippen LogP contribution in [0.1, 0.15) is 12.0 Å². The maximum Gasteiger partial charge on any atom is 0.0205 e. The van der Waals surface area contributed by atoms with E-state index in [1.807, 2.05) is 13.1 Å². The van der Waals surface area contributed by atoms with Crippen LogP contribution in [0.25, 0.3) is 11.1 Å². The van der Waals surface area contributed by atoms with Crippen molar-refractivity contribution in [3.05, 3.63) is 60.2 Å². The van der Waals surface area contributed by atoms with Crippen LogP contribution in [0.3, 0.4) is 0 Å². The van der Waals surface area contributed by atoms with Crippen LogP contribution in [0.5, 0.6) is 0 Å². The summed E-state index contributed by atoms with van der Waals surface area (Å²) in [7, 11) is 1.99. The van der Waals surface area contributed by atoms with Gasteiger partial charge < -0.3 is 10.6 Å². The molecule has 0 spiro atoms. The van der Waals surface area contributed by atoms with Crippen molar-refractivity contribution in [2.75, 3.05) is 20.1 Å². The molecule has 19 heavy (non-hydrogen) atoms. The van der Waals surface area contributed by atoms with Crippen molar-refractivity contribution in [3.63, 3.8) is 0 Å². The Kier molecular flexibility index (Phi) is 5.60. The van der Waals surface area contributed by atoms with Gasteiger partial charge in [0.2, 0.25) is 0 Å². The average Bonchev–Trinajstić information content (AvgIpc) is 2.49. The minimum absolute atomic E-state index is 0.943. The molecule has 2 nitrogen and oxygen atoms in total. The van der Waals surface area contributed by atoms with Gasteiger partial charge in [0.25, 0.3) is 0 Å². The fraction of sp³-hybridized carbons (Fsp3) is 0.294. The van der Waals surface area contributed by atoms with Crippen molar-refractivity contribution in [1.29, 1.82) is 0 Å². The Balaban J connectivity index is 1.85. The third kappa shape index (κ3) is 4.51. The molecular formula is C17H22N2. The molecule has 0 aromatic heterocycles. The van der Waals surface area contributed by atoms with E-state index in [9.17, 15) is 0 Å². The van der Waals surface area contributed by atoms with Crippen LogP contribution in [0.2, 0.25) is 0 Å². The Morgan fingerprint density at radius 2 is 1.47 bits per heavy atom. The first-order valence-corrected chi connectivity index (χ1v) is 6.90. The first kappa shape index (κ1) is 13.8. The lowest BCUT2D eigenvalue weighted by atomic mass is 10.0. The van der Waals surface area contributed by atoms with Crippen LogP contribution in [0.15, 0.2) is 54.6 Å². The first-order valence-electron chi connectivity index (χ1n) is 6.90. The summed E-state index contributed by atoms with van der Waals surface area (Å²) in [6.45, 7) is 3.07. The molecule has 0 unspecified atom stereocenters. The summed E-state index contributed by atoms with van der Waals surface area (Å²) < 4.78 is 0. The Labute approximate surface area is 115 Å². The van der Waals surface area contributed by atoms with Crippen LogP contribution in [-0.4, -0.2) is 20.1 Å². The van der Waals surface area contributed by atoms with E-state index in [4.69, 9.17) is 0 Å². The van der Waals surface area contributed by atoms with Gasteiger partial charge in [-0.3, -0.25) is 0 Å². The number of nitrogens with one attached hydrogen (secondary N) is 2. The quantitative estimate of drug-likeness (QED) is 0.742. The van der Waals surface area contributed by atoms with Crippen molar-refractivity contribution in [2.45, 2.75) is 13.0 Å². The number of benzene rings is 2. The zero-order valence-corrected chi connectivity index (χ0v) is 11.5. The molecule has 0 saturated heterocycles. The molecule has 0 aliphatic rings. The highest BCUT2D eigenvalue weighted by molar-refractivity contribution is 5.63. The van der Waals surface area contributed by atoms with Crippen LogP contribution in [-0.2, 0) is 6.54 Å². The van der Waals surface area contributed by atoms with Crippen molar-refractivity contribution in [3.8, 4) is 11.1 Å². The molecule has 0 amide bonds. The van der Waals surface area contributed by atoms with Crippen molar-refractivity contribution in [1.82, 2.24) is 10.6 Å². The molecule has 0 atom stereocenters. The molecule has 2 aromatic carbocycles. The van der Waals surface area contributed by atoms with Crippen LogP contribution in [0, 0.1) is 0 Å². The molecule has 2 heteroatoms. The second-order valence-corrected chi connectivity index (χ2v) is 4.70. The molecule has 0 fully saturated rings. The van der Waals surface area contributed by atoms with Crippen molar-refractivity contribution >= 4 is 0 Å². The molecule has 0 heterocycles. The summed E-state index contributed by atoms with van der Waals surface area (Å²) in [6, 6.07) is 19.3. The van der Waals surface area contributed by atoms with Crippen LogP contribution in [0.4, 0.5) is 0 Å². The van der Waals surface area contributed by atoms with E-state index in [-0.39, 0.29) is 0 Å². The smallest absolute Gasteiger partial charge is 0.0205 e. The lowest BCUT2D eigenvalue weighted by Gasteiger charge is -2.06. The van der Waals surface area contributed by atoms with E-state index < -0.39 is 0 Å². The minimum atomic E-state index is 0.943. The largest absolute Gasteiger partial charge is 0.320 e. The Bertz CT molecular complexity index is 462. The zero-order chi connectivity index (χ0) is 13.3. The van der Waals surface area contributed by atoms with E-state index in [0.717, 1.165) is 19.6 Å². The third-order valence-corrected chi connectivity index (χ3v) is 3.17. The van der Waals surface area contributed by atoms with Crippen LogP contribution >= 0.6 is 0 Å². The van der Waals surface area contributed by atoms with Gasteiger partial charge in [0.05, 0.1) is 0 Å². The highest BCUT2D eigenvalue weighted by Gasteiger charge is 1.97. The third-order valence-electron chi connectivity index (χ3n) is 3.17. The minimum Gasteiger partial charge on any atom is -0.320 e. The van der Waals surface area contributed by atoms with Gasteiger partial charge in [0.1, 0.15) is 0 Å². The van der Waals surface area contributed by atoms with Gasteiger partial charge in [-0.1, -0.05) is 54.6 Å². The topological polar surface area (TPSA) is 24.1 Å². The predicted molar refractivity (Wildman–Crippen MR) is 82.1 cm³/mol. The maximum absolute atomic E-state index is 3.46. The average molecular weight is 254 g/mol. The molecule has 0 aliphatic heterocycles. The highest BCUT2D eigenvalue weighted by Crippen LogP contribution is 2.19. The van der Waals surface area contributed by atoms with Gasteiger partial charge in [0, 0.05) is 6.54 Å². The van der Waals surface area contributed by atoms with E-state index in [2.05, 4.69) is 59.2 Å². The number of hydrogen-bond donors (Lipinski definition) is 2. The summed E-state index contributed by atoms with van der Waals surface area (Å²) >= 11 is 0. The van der Waals surface area contributed by atoms with Crippen molar-refractivity contribution in [2.24, 2.45) is 0 Å². The fourth-order valence-corrected chi connectivity index (χ4v) is 2.07. The molecule has 2 rings (SSSR count). The lowest BCUT2D eigenvalue weighted by Crippen LogP contribution is -2.19. The van der Waals surface area contributed by atoms with E-state index in [1.165, 1.54) is 23.1 Å². The summed E-state index contributed by atoms with van der Waals surface area (Å²) in [5.74, 6) is 0. The Hall–Kier alpha value is -1.64. The van der Waals surface area contributed by atoms with Gasteiger partial charge >= 0.3 is 0 Å².